The zero-order valence-electron chi connectivity index (χ0n) is 13.2. The highest BCUT2D eigenvalue weighted by Gasteiger charge is 2.06. The number of benzene rings is 1. The lowest BCUT2D eigenvalue weighted by atomic mass is 10.2. The molecule has 0 radical (unpaired) electrons. The summed E-state index contributed by atoms with van der Waals surface area (Å²) in [4.78, 5) is 4.58. The molecule has 0 aromatic heterocycles. The maximum atomic E-state index is 6.01. The van der Waals surface area contributed by atoms with Crippen LogP contribution in [0.4, 0.5) is 17.1 Å². The molecule has 20 heavy (non-hydrogen) atoms. The van der Waals surface area contributed by atoms with Crippen molar-refractivity contribution in [3.05, 3.63) is 18.2 Å². The van der Waals surface area contributed by atoms with Gasteiger partial charge in [0.15, 0.2) is 0 Å². The first kappa shape index (κ1) is 16.6. The van der Waals surface area contributed by atoms with Crippen molar-refractivity contribution < 1.29 is 0 Å². The van der Waals surface area contributed by atoms with Crippen LogP contribution < -0.4 is 16.4 Å². The van der Waals surface area contributed by atoms with Gasteiger partial charge >= 0.3 is 0 Å². The molecule has 114 valence electrons. The van der Waals surface area contributed by atoms with E-state index >= 15 is 0 Å². The molecular formula is C16H30N4. The number of nitrogens with two attached hydrogens (primary N) is 2. The maximum absolute atomic E-state index is 6.01. The number of nitrogen functional groups attached to an aromatic ring is 2. The summed E-state index contributed by atoms with van der Waals surface area (Å²) in [7, 11) is 4.26. The van der Waals surface area contributed by atoms with E-state index in [9.17, 15) is 0 Å². The summed E-state index contributed by atoms with van der Waals surface area (Å²) >= 11 is 0. The molecule has 1 aromatic carbocycles. The third-order valence-electron chi connectivity index (χ3n) is 3.67. The molecule has 4 heteroatoms. The highest BCUT2D eigenvalue weighted by molar-refractivity contribution is 5.71. The van der Waals surface area contributed by atoms with Gasteiger partial charge in [0.05, 0.1) is 11.4 Å². The van der Waals surface area contributed by atoms with Crippen molar-refractivity contribution in [1.29, 1.82) is 0 Å². The molecule has 1 aromatic rings. The fraction of sp³-hybridized carbons (Fsp3) is 0.625. The van der Waals surface area contributed by atoms with Gasteiger partial charge in [0, 0.05) is 25.8 Å². The third-order valence-corrected chi connectivity index (χ3v) is 3.67. The third kappa shape index (κ3) is 5.70. The highest BCUT2D eigenvalue weighted by atomic mass is 15.2. The number of unbranched alkanes of at least 4 members (excludes halogenated alkanes) is 3. The molecule has 0 heterocycles. The Morgan fingerprint density at radius 3 is 2.35 bits per heavy atom. The highest BCUT2D eigenvalue weighted by Crippen LogP contribution is 2.24. The zero-order valence-corrected chi connectivity index (χ0v) is 13.2. The summed E-state index contributed by atoms with van der Waals surface area (Å²) in [5, 5.41) is 0. The van der Waals surface area contributed by atoms with Gasteiger partial charge in [-0.3, -0.25) is 0 Å². The number of hydrogen-bond acceptors (Lipinski definition) is 4. The van der Waals surface area contributed by atoms with Crippen molar-refractivity contribution in [3.8, 4) is 0 Å². The zero-order chi connectivity index (χ0) is 15.0. The van der Waals surface area contributed by atoms with Gasteiger partial charge < -0.3 is 21.3 Å². The van der Waals surface area contributed by atoms with Crippen LogP contribution in [-0.4, -0.2) is 38.6 Å². The van der Waals surface area contributed by atoms with Crippen molar-refractivity contribution in [2.45, 2.75) is 32.6 Å². The fourth-order valence-corrected chi connectivity index (χ4v) is 2.28. The minimum Gasteiger partial charge on any atom is -0.399 e. The summed E-state index contributed by atoms with van der Waals surface area (Å²) < 4.78 is 0. The van der Waals surface area contributed by atoms with Crippen LogP contribution in [0.15, 0.2) is 18.2 Å². The predicted molar refractivity (Wildman–Crippen MR) is 90.2 cm³/mol. The second-order valence-electron chi connectivity index (χ2n) is 5.60. The molecule has 0 amide bonds. The number of nitrogens with zero attached hydrogens (tertiary/aromatic N) is 2. The second kappa shape index (κ2) is 8.69. The van der Waals surface area contributed by atoms with Crippen LogP contribution in [-0.2, 0) is 0 Å². The minimum absolute atomic E-state index is 0.715. The number of rotatable bonds is 9. The molecule has 4 nitrogen and oxygen atoms in total. The van der Waals surface area contributed by atoms with Gasteiger partial charge in [-0.1, -0.05) is 26.2 Å². The number of anilines is 3. The van der Waals surface area contributed by atoms with Gasteiger partial charge in [-0.2, -0.15) is 0 Å². The topological polar surface area (TPSA) is 58.5 Å². The molecule has 0 fully saturated rings. The average molecular weight is 278 g/mol. The van der Waals surface area contributed by atoms with E-state index in [2.05, 4.69) is 30.8 Å². The number of hydrogen-bond donors (Lipinski definition) is 2. The summed E-state index contributed by atoms with van der Waals surface area (Å²) in [6, 6.07) is 5.71. The monoisotopic (exact) mass is 278 g/mol. The van der Waals surface area contributed by atoms with Gasteiger partial charge in [-0.15, -0.1) is 0 Å². The van der Waals surface area contributed by atoms with Gasteiger partial charge in [-0.05, 0) is 38.2 Å². The summed E-state index contributed by atoms with van der Waals surface area (Å²) in [6.45, 7) is 5.44. The van der Waals surface area contributed by atoms with Crippen molar-refractivity contribution in [2.75, 3.05) is 50.1 Å². The summed E-state index contributed by atoms with van der Waals surface area (Å²) in [5.41, 5.74) is 14.2. The van der Waals surface area contributed by atoms with Crippen LogP contribution in [0.1, 0.15) is 32.6 Å². The molecule has 0 aliphatic rings. The van der Waals surface area contributed by atoms with Crippen molar-refractivity contribution in [2.24, 2.45) is 0 Å². The number of likely N-dealkylation sites (N-methyl/N-ethyl adjacent to an activating group) is 2. The van der Waals surface area contributed by atoms with E-state index in [1.807, 2.05) is 18.2 Å². The molecule has 0 spiro atoms. The fourth-order valence-electron chi connectivity index (χ4n) is 2.28. The minimum atomic E-state index is 0.715. The van der Waals surface area contributed by atoms with Gasteiger partial charge in [0.2, 0.25) is 0 Å². The van der Waals surface area contributed by atoms with E-state index < -0.39 is 0 Å². The predicted octanol–water partition coefficient (Wildman–Crippen LogP) is 2.80. The van der Waals surface area contributed by atoms with E-state index in [0.717, 1.165) is 24.5 Å². The Kier molecular flexibility index (Phi) is 7.23. The van der Waals surface area contributed by atoms with E-state index in [0.29, 0.717) is 5.69 Å². The first-order chi connectivity index (χ1) is 9.54. The van der Waals surface area contributed by atoms with Crippen LogP contribution in [0.3, 0.4) is 0 Å². The molecule has 4 N–H and O–H groups in total. The molecular weight excluding hydrogens is 248 g/mol. The molecule has 0 saturated carbocycles. The Labute approximate surface area is 123 Å². The molecule has 0 bridgehead atoms. The largest absolute Gasteiger partial charge is 0.399 e. The van der Waals surface area contributed by atoms with Crippen LogP contribution in [0.2, 0.25) is 0 Å². The Hall–Kier alpha value is -1.42. The summed E-state index contributed by atoms with van der Waals surface area (Å²) in [6.07, 6.45) is 5.26. The van der Waals surface area contributed by atoms with Crippen LogP contribution in [0, 0.1) is 0 Å². The molecule has 0 saturated heterocycles. The Morgan fingerprint density at radius 1 is 0.950 bits per heavy atom. The van der Waals surface area contributed by atoms with Crippen LogP contribution >= 0.6 is 0 Å². The van der Waals surface area contributed by atoms with E-state index in [-0.39, 0.29) is 0 Å². The van der Waals surface area contributed by atoms with Gasteiger partial charge in [0.25, 0.3) is 0 Å². The van der Waals surface area contributed by atoms with Crippen molar-refractivity contribution >= 4 is 17.1 Å². The molecule has 0 aliphatic heterocycles. The lowest BCUT2D eigenvalue weighted by Gasteiger charge is -2.25. The van der Waals surface area contributed by atoms with Gasteiger partial charge in [-0.25, -0.2) is 0 Å². The standard InChI is InChI=1S/C16H30N4/c1-4-5-6-7-10-19(2)11-12-20(3)16-9-8-14(17)13-15(16)18/h8-9,13H,4-7,10-12,17-18H2,1-3H3. The lowest BCUT2D eigenvalue weighted by molar-refractivity contribution is 0.331. The smallest absolute Gasteiger partial charge is 0.0599 e. The molecule has 0 unspecified atom stereocenters. The molecule has 0 aliphatic carbocycles. The van der Waals surface area contributed by atoms with Crippen LogP contribution in [0.25, 0.3) is 0 Å². The van der Waals surface area contributed by atoms with Gasteiger partial charge in [0.1, 0.15) is 0 Å². The second-order valence-corrected chi connectivity index (χ2v) is 5.60. The summed E-state index contributed by atoms with van der Waals surface area (Å²) in [5.74, 6) is 0. The van der Waals surface area contributed by atoms with E-state index in [4.69, 9.17) is 11.5 Å². The Balaban J connectivity index is 2.33. The Bertz CT molecular complexity index is 392. The first-order valence-corrected chi connectivity index (χ1v) is 7.59. The molecule has 1 rings (SSSR count). The van der Waals surface area contributed by atoms with Crippen molar-refractivity contribution in [3.63, 3.8) is 0 Å². The van der Waals surface area contributed by atoms with Crippen LogP contribution in [0.5, 0.6) is 0 Å². The van der Waals surface area contributed by atoms with Crippen molar-refractivity contribution in [1.82, 2.24) is 4.90 Å². The Morgan fingerprint density at radius 2 is 1.70 bits per heavy atom. The average Bonchev–Trinajstić information content (AvgIpc) is 2.41. The molecule has 0 atom stereocenters. The SMILES string of the molecule is CCCCCCN(C)CCN(C)c1ccc(N)cc1N. The maximum Gasteiger partial charge on any atom is 0.0599 e. The quantitative estimate of drug-likeness (QED) is 0.539. The normalized spacial score (nSPS) is 11.0. The van der Waals surface area contributed by atoms with E-state index in [1.54, 1.807) is 0 Å². The lowest BCUT2D eigenvalue weighted by Crippen LogP contribution is -2.31. The first-order valence-electron chi connectivity index (χ1n) is 7.59. The van der Waals surface area contributed by atoms with E-state index in [1.165, 1.54) is 32.2 Å².